The summed E-state index contributed by atoms with van der Waals surface area (Å²) >= 11 is 0. The van der Waals surface area contributed by atoms with Gasteiger partial charge >= 0.3 is 0 Å². The van der Waals surface area contributed by atoms with Crippen LogP contribution in [0.25, 0.3) is 61.4 Å². The third-order valence-corrected chi connectivity index (χ3v) is 12.8. The van der Waals surface area contributed by atoms with Crippen LogP contribution >= 0.6 is 0 Å². The Kier molecular flexibility index (Phi) is 8.87. The summed E-state index contributed by atoms with van der Waals surface area (Å²) in [6.07, 6.45) is 0. The van der Waals surface area contributed by atoms with Crippen LogP contribution in [0.15, 0.2) is 231 Å². The topological polar surface area (TPSA) is 46.8 Å². The van der Waals surface area contributed by atoms with E-state index in [-0.39, 0.29) is 0 Å². The fraction of sp³-hybridized carbons (Fsp3) is 0.0339. The maximum absolute atomic E-state index is 5.36. The molecule has 1 aliphatic rings. The van der Waals surface area contributed by atoms with Crippen molar-refractivity contribution in [3.63, 3.8) is 0 Å². The van der Waals surface area contributed by atoms with Gasteiger partial charge in [0.25, 0.3) is 0 Å². The SMILES string of the molecule is Cc1ccc(-n2c3ccccc3c3cc(-c4ccc5c(c4)N(c4nc(-c6ccccc6)nc(-c6ccccc6)n4)c4ccccc4C5(c4ccccc4)c4ccccc4)ccc32)cc1. The van der Waals surface area contributed by atoms with Crippen molar-refractivity contribution in [2.75, 3.05) is 4.90 Å². The highest BCUT2D eigenvalue weighted by atomic mass is 15.3. The average molecular weight is 820 g/mol. The van der Waals surface area contributed by atoms with Crippen molar-refractivity contribution in [1.29, 1.82) is 0 Å². The van der Waals surface area contributed by atoms with E-state index < -0.39 is 5.41 Å². The van der Waals surface area contributed by atoms with Gasteiger partial charge in [-0.2, -0.15) is 9.97 Å². The summed E-state index contributed by atoms with van der Waals surface area (Å²) < 4.78 is 2.38. The predicted octanol–water partition coefficient (Wildman–Crippen LogP) is 14.4. The van der Waals surface area contributed by atoms with Gasteiger partial charge in [0.2, 0.25) is 5.95 Å². The van der Waals surface area contributed by atoms with Gasteiger partial charge in [-0.3, -0.25) is 4.90 Å². The first kappa shape index (κ1) is 37.4. The van der Waals surface area contributed by atoms with Gasteiger partial charge in [0.15, 0.2) is 11.6 Å². The molecule has 5 nitrogen and oxygen atoms in total. The smallest absolute Gasteiger partial charge is 0.238 e. The zero-order chi connectivity index (χ0) is 42.6. The molecule has 1 aliphatic heterocycles. The third-order valence-electron chi connectivity index (χ3n) is 12.8. The molecular weight excluding hydrogens is 779 g/mol. The van der Waals surface area contributed by atoms with E-state index in [0.29, 0.717) is 17.6 Å². The fourth-order valence-electron chi connectivity index (χ4n) is 9.88. The molecule has 11 aromatic rings. The molecule has 12 rings (SSSR count). The number of para-hydroxylation sites is 2. The molecular formula is C59H41N5. The van der Waals surface area contributed by atoms with E-state index in [0.717, 1.165) is 50.4 Å². The van der Waals surface area contributed by atoms with Crippen LogP contribution in [0.2, 0.25) is 0 Å². The molecule has 302 valence electrons. The zero-order valence-corrected chi connectivity index (χ0v) is 35.2. The maximum atomic E-state index is 5.36. The van der Waals surface area contributed by atoms with Crippen LogP contribution in [0.3, 0.4) is 0 Å². The molecule has 0 saturated carbocycles. The van der Waals surface area contributed by atoms with Gasteiger partial charge in [0.1, 0.15) is 0 Å². The molecule has 0 saturated heterocycles. The van der Waals surface area contributed by atoms with Gasteiger partial charge in [0, 0.05) is 27.6 Å². The number of aromatic nitrogens is 4. The second kappa shape index (κ2) is 15.2. The highest BCUT2D eigenvalue weighted by Gasteiger charge is 2.47. The maximum Gasteiger partial charge on any atom is 0.238 e. The van der Waals surface area contributed by atoms with Crippen LogP contribution in [0.5, 0.6) is 0 Å². The molecule has 5 heteroatoms. The third kappa shape index (κ3) is 5.97. The standard InChI is InChI=1S/C59H41N5/c1-40-30-34-47(35-31-40)63-52-28-16-14-26-48(52)49-38-43(33-37-53(49)63)44-32-36-51-55(39-44)64(58-61-56(41-18-6-2-7-19-41)60-57(62-58)42-20-8-3-9-21-42)54-29-17-15-27-50(54)59(51,45-22-10-4-11-23-45)46-24-12-5-13-25-46/h2-39H,1H3. The number of rotatable bonds is 7. The van der Waals surface area contributed by atoms with Crippen molar-refractivity contribution in [2.24, 2.45) is 0 Å². The van der Waals surface area contributed by atoms with E-state index in [1.54, 1.807) is 0 Å². The zero-order valence-electron chi connectivity index (χ0n) is 35.2. The van der Waals surface area contributed by atoms with Crippen molar-refractivity contribution >= 4 is 39.1 Å². The van der Waals surface area contributed by atoms with E-state index in [1.807, 2.05) is 36.4 Å². The second-order valence-corrected chi connectivity index (χ2v) is 16.5. The van der Waals surface area contributed by atoms with Crippen LogP contribution in [0.4, 0.5) is 17.3 Å². The van der Waals surface area contributed by atoms with Crippen LogP contribution < -0.4 is 4.90 Å². The summed E-state index contributed by atoms with van der Waals surface area (Å²) in [5.74, 6) is 1.76. The number of hydrogen-bond acceptors (Lipinski definition) is 4. The van der Waals surface area contributed by atoms with E-state index >= 15 is 0 Å². The Morgan fingerprint density at radius 1 is 0.375 bits per heavy atom. The molecule has 0 aliphatic carbocycles. The Balaban J connectivity index is 1.15. The molecule has 64 heavy (non-hydrogen) atoms. The summed E-state index contributed by atoms with van der Waals surface area (Å²) in [7, 11) is 0. The van der Waals surface area contributed by atoms with Gasteiger partial charge in [-0.05, 0) is 82.8 Å². The summed E-state index contributed by atoms with van der Waals surface area (Å²) in [5, 5.41) is 2.42. The van der Waals surface area contributed by atoms with Gasteiger partial charge < -0.3 is 4.57 Å². The summed E-state index contributed by atoms with van der Waals surface area (Å²) in [6.45, 7) is 2.13. The molecule has 0 radical (unpaired) electrons. The number of hydrogen-bond donors (Lipinski definition) is 0. The lowest BCUT2D eigenvalue weighted by atomic mass is 9.62. The summed E-state index contributed by atoms with van der Waals surface area (Å²) in [5.41, 5.74) is 14.7. The first-order valence-electron chi connectivity index (χ1n) is 21.8. The number of aryl methyl sites for hydroxylation is 1. The molecule has 9 aromatic carbocycles. The Morgan fingerprint density at radius 2 is 0.891 bits per heavy atom. The van der Waals surface area contributed by atoms with Crippen LogP contribution in [-0.2, 0) is 5.41 Å². The first-order chi connectivity index (χ1) is 31.6. The number of fused-ring (bicyclic) bond motifs is 5. The normalized spacial score (nSPS) is 12.9. The van der Waals surface area contributed by atoms with Crippen molar-refractivity contribution in [3.05, 3.63) is 258 Å². The van der Waals surface area contributed by atoms with Gasteiger partial charge in [-0.15, -0.1) is 0 Å². The molecule has 0 spiro atoms. The minimum Gasteiger partial charge on any atom is -0.309 e. The molecule has 3 heterocycles. The number of benzene rings is 9. The Hall–Kier alpha value is -8.41. The lowest BCUT2D eigenvalue weighted by Crippen LogP contribution is -2.38. The molecule has 0 bridgehead atoms. The minimum absolute atomic E-state index is 0.546. The van der Waals surface area contributed by atoms with Crippen LogP contribution in [-0.4, -0.2) is 19.5 Å². The quantitative estimate of drug-likeness (QED) is 0.161. The fourth-order valence-corrected chi connectivity index (χ4v) is 9.88. The highest BCUT2D eigenvalue weighted by molar-refractivity contribution is 6.10. The molecule has 0 N–H and O–H groups in total. The minimum atomic E-state index is -0.674. The molecule has 0 unspecified atom stereocenters. The molecule has 0 amide bonds. The van der Waals surface area contributed by atoms with Gasteiger partial charge in [-0.1, -0.05) is 194 Å². The van der Waals surface area contributed by atoms with E-state index in [2.05, 4.69) is 211 Å². The van der Waals surface area contributed by atoms with Crippen LogP contribution in [0, 0.1) is 6.92 Å². The molecule has 2 aromatic heterocycles. The highest BCUT2D eigenvalue weighted by Crippen LogP contribution is 2.58. The predicted molar refractivity (Wildman–Crippen MR) is 262 cm³/mol. The number of nitrogens with zero attached hydrogens (tertiary/aromatic N) is 5. The Bertz CT molecular complexity index is 3390. The lowest BCUT2D eigenvalue weighted by Gasteiger charge is -2.46. The van der Waals surface area contributed by atoms with Crippen LogP contribution in [0.1, 0.15) is 27.8 Å². The average Bonchev–Trinajstić information content (AvgIpc) is 3.70. The Morgan fingerprint density at radius 3 is 1.55 bits per heavy atom. The molecule has 0 atom stereocenters. The van der Waals surface area contributed by atoms with E-state index in [1.165, 1.54) is 38.5 Å². The van der Waals surface area contributed by atoms with E-state index in [4.69, 9.17) is 15.0 Å². The summed E-state index contributed by atoms with van der Waals surface area (Å²) in [6, 6.07) is 82.4. The van der Waals surface area contributed by atoms with Crippen molar-refractivity contribution in [1.82, 2.24) is 19.5 Å². The Labute approximate surface area is 372 Å². The second-order valence-electron chi connectivity index (χ2n) is 16.5. The van der Waals surface area contributed by atoms with Gasteiger partial charge in [0.05, 0.1) is 27.8 Å². The van der Waals surface area contributed by atoms with E-state index in [9.17, 15) is 0 Å². The molecule has 0 fully saturated rings. The monoisotopic (exact) mass is 819 g/mol. The summed E-state index contributed by atoms with van der Waals surface area (Å²) in [4.78, 5) is 18.1. The first-order valence-corrected chi connectivity index (χ1v) is 21.8. The number of anilines is 3. The van der Waals surface area contributed by atoms with Crippen molar-refractivity contribution in [3.8, 4) is 39.6 Å². The largest absolute Gasteiger partial charge is 0.309 e. The lowest BCUT2D eigenvalue weighted by molar-refractivity contribution is 0.728. The van der Waals surface area contributed by atoms with Crippen molar-refractivity contribution < 1.29 is 0 Å². The van der Waals surface area contributed by atoms with Crippen molar-refractivity contribution in [2.45, 2.75) is 12.3 Å². The van der Waals surface area contributed by atoms with Gasteiger partial charge in [-0.25, -0.2) is 4.98 Å².